The van der Waals surface area contributed by atoms with Crippen molar-refractivity contribution < 1.29 is 26.8 Å². The van der Waals surface area contributed by atoms with Gasteiger partial charge < -0.3 is 17.7 Å². The molecule has 0 atom stereocenters. The molecule has 0 saturated carbocycles. The smallest absolute Gasteiger partial charge is 0.412 e. The Morgan fingerprint density at radius 2 is 1.29 bits per heavy atom. The first-order valence-electron chi connectivity index (χ1n) is 7.94. The first-order chi connectivity index (χ1) is 10.6. The fourth-order valence-electron chi connectivity index (χ4n) is 1.42. The van der Waals surface area contributed by atoms with E-state index >= 15 is 0 Å². The summed E-state index contributed by atoms with van der Waals surface area (Å²) in [6.07, 6.45) is 0. The fourth-order valence-corrected chi connectivity index (χ4v) is 8.60. The maximum Gasteiger partial charge on any atom is 0.455 e. The summed E-state index contributed by atoms with van der Waals surface area (Å²) in [5, 5.41) is 3.90. The van der Waals surface area contributed by atoms with Crippen molar-refractivity contribution in [2.24, 2.45) is 5.16 Å². The van der Waals surface area contributed by atoms with E-state index in [0.717, 1.165) is 0 Å². The molecule has 0 amide bonds. The van der Waals surface area contributed by atoms with Gasteiger partial charge in [-0.3, -0.25) is 4.52 Å². The molecule has 0 aliphatic rings. The zero-order chi connectivity index (χ0) is 19.2. The first-order valence-corrected chi connectivity index (χ1v) is 19.6. The van der Waals surface area contributed by atoms with Gasteiger partial charge >= 0.3 is 7.82 Å². The predicted molar refractivity (Wildman–Crippen MR) is 106 cm³/mol. The monoisotopic (exact) mass is 415 g/mol. The van der Waals surface area contributed by atoms with Crippen molar-refractivity contribution in [1.82, 2.24) is 0 Å². The molecule has 0 rings (SSSR count). The summed E-state index contributed by atoms with van der Waals surface area (Å²) >= 11 is 0. The third-order valence-electron chi connectivity index (χ3n) is 2.05. The molecule has 24 heavy (non-hydrogen) atoms. The SMILES string of the molecule is CO/N=C(\CO[Si](C)(C)C)COP(=O)(O[Si](C)(C)C)O[Si](C)(C)C. The minimum atomic E-state index is -3.66. The van der Waals surface area contributed by atoms with Crippen molar-refractivity contribution in [2.45, 2.75) is 58.9 Å². The van der Waals surface area contributed by atoms with Crippen molar-refractivity contribution in [1.29, 1.82) is 0 Å². The summed E-state index contributed by atoms with van der Waals surface area (Å²) in [7, 11) is -8.16. The van der Waals surface area contributed by atoms with Gasteiger partial charge in [0.2, 0.25) is 0 Å². The van der Waals surface area contributed by atoms with Gasteiger partial charge in [-0.2, -0.15) is 0 Å². The molecular formula is C13H34NO6PSi3. The van der Waals surface area contributed by atoms with Crippen LogP contribution >= 0.6 is 7.82 Å². The van der Waals surface area contributed by atoms with E-state index in [4.69, 9.17) is 22.2 Å². The van der Waals surface area contributed by atoms with Gasteiger partial charge in [0.15, 0.2) is 25.0 Å². The Kier molecular flexibility index (Phi) is 9.29. The normalized spacial score (nSPS) is 14.8. The zero-order valence-corrected chi connectivity index (χ0v) is 20.7. The van der Waals surface area contributed by atoms with Crippen LogP contribution in [0.4, 0.5) is 0 Å². The third-order valence-corrected chi connectivity index (χ3v) is 9.68. The van der Waals surface area contributed by atoms with Gasteiger partial charge in [-0.1, -0.05) is 5.16 Å². The predicted octanol–water partition coefficient (Wildman–Crippen LogP) is 4.67. The van der Waals surface area contributed by atoms with Crippen LogP contribution in [0, 0.1) is 0 Å². The molecule has 0 unspecified atom stereocenters. The summed E-state index contributed by atoms with van der Waals surface area (Å²) in [6, 6.07) is 0. The number of nitrogens with zero attached hydrogens (tertiary/aromatic N) is 1. The van der Waals surface area contributed by atoms with E-state index in [-0.39, 0.29) is 13.2 Å². The highest BCUT2D eigenvalue weighted by atomic mass is 31.2. The third kappa shape index (κ3) is 13.5. The fraction of sp³-hybridized carbons (Fsp3) is 0.923. The maximum atomic E-state index is 13.0. The van der Waals surface area contributed by atoms with E-state index in [2.05, 4.69) is 24.8 Å². The summed E-state index contributed by atoms with van der Waals surface area (Å²) in [4.78, 5) is 4.83. The van der Waals surface area contributed by atoms with Gasteiger partial charge in [-0.15, -0.1) is 0 Å². The first kappa shape index (κ1) is 24.2. The lowest BCUT2D eigenvalue weighted by Gasteiger charge is -2.30. The average molecular weight is 416 g/mol. The van der Waals surface area contributed by atoms with E-state index in [1.54, 1.807) is 0 Å². The molecule has 0 aliphatic heterocycles. The highest BCUT2D eigenvalue weighted by Gasteiger charge is 2.38. The van der Waals surface area contributed by atoms with E-state index in [1.807, 2.05) is 39.3 Å². The molecular weight excluding hydrogens is 381 g/mol. The summed E-state index contributed by atoms with van der Waals surface area (Å²) in [5.41, 5.74) is 0.513. The average Bonchev–Trinajstić information content (AvgIpc) is 2.26. The zero-order valence-electron chi connectivity index (χ0n) is 16.8. The Hall–Kier alpha value is 0.191. The molecule has 0 N–H and O–H groups in total. The molecule has 144 valence electrons. The number of hydrogen-bond acceptors (Lipinski definition) is 7. The van der Waals surface area contributed by atoms with Crippen LogP contribution < -0.4 is 0 Å². The van der Waals surface area contributed by atoms with Crippen molar-refractivity contribution in [3.05, 3.63) is 0 Å². The number of rotatable bonds is 11. The second-order valence-corrected chi connectivity index (χ2v) is 23.9. The van der Waals surface area contributed by atoms with Gasteiger partial charge in [0.05, 0.1) is 6.61 Å². The standard InChI is InChI=1S/C13H34NO6PSi3/c1-16-14-13(12-18-22(2,3)4)11-17-21(15,19-23(5,6)7)20-24(8,9)10/h11-12H2,1-10H3/b14-13-. The number of oxime groups is 1. The number of phosphoric acid groups is 1. The largest absolute Gasteiger partial charge is 0.455 e. The lowest BCUT2D eigenvalue weighted by Crippen LogP contribution is -2.32. The Balaban J connectivity index is 5.06. The second-order valence-electron chi connectivity index (χ2n) is 8.37. The number of hydrogen-bond donors (Lipinski definition) is 0. The van der Waals surface area contributed by atoms with Crippen LogP contribution in [-0.2, 0) is 26.8 Å². The minimum Gasteiger partial charge on any atom is -0.412 e. The van der Waals surface area contributed by atoms with Crippen LogP contribution in [0.5, 0.6) is 0 Å². The van der Waals surface area contributed by atoms with Gasteiger partial charge in [-0.05, 0) is 58.9 Å². The lowest BCUT2D eigenvalue weighted by atomic mass is 10.4. The highest BCUT2D eigenvalue weighted by molar-refractivity contribution is 7.52. The van der Waals surface area contributed by atoms with Gasteiger partial charge in [0, 0.05) is 0 Å². The lowest BCUT2D eigenvalue weighted by molar-refractivity contribution is 0.197. The quantitative estimate of drug-likeness (QED) is 0.211. The van der Waals surface area contributed by atoms with Crippen LogP contribution in [0.2, 0.25) is 58.9 Å². The summed E-state index contributed by atoms with van der Waals surface area (Å²) in [5.74, 6) is 0. The molecule has 0 radical (unpaired) electrons. The van der Waals surface area contributed by atoms with Crippen LogP contribution in [0.25, 0.3) is 0 Å². The van der Waals surface area contributed by atoms with Crippen molar-refractivity contribution >= 4 is 38.5 Å². The molecule has 0 spiro atoms. The molecule has 0 bridgehead atoms. The molecule has 0 aromatic rings. The van der Waals surface area contributed by atoms with E-state index in [9.17, 15) is 4.57 Å². The second kappa shape index (κ2) is 9.22. The Morgan fingerprint density at radius 1 is 0.833 bits per heavy atom. The molecule has 0 saturated heterocycles. The molecule has 0 heterocycles. The Bertz CT molecular complexity index is 448. The Labute approximate surface area is 150 Å². The molecule has 11 heteroatoms. The van der Waals surface area contributed by atoms with Crippen molar-refractivity contribution in [3.8, 4) is 0 Å². The van der Waals surface area contributed by atoms with E-state index in [0.29, 0.717) is 5.71 Å². The van der Waals surface area contributed by atoms with Gasteiger partial charge in [-0.25, -0.2) is 4.57 Å². The van der Waals surface area contributed by atoms with E-state index in [1.165, 1.54) is 7.11 Å². The molecule has 7 nitrogen and oxygen atoms in total. The van der Waals surface area contributed by atoms with E-state index < -0.39 is 32.8 Å². The maximum absolute atomic E-state index is 13.0. The van der Waals surface area contributed by atoms with Crippen LogP contribution in [0.1, 0.15) is 0 Å². The topological polar surface area (TPSA) is 75.6 Å². The molecule has 0 aromatic carbocycles. The molecule has 0 fully saturated rings. The van der Waals surface area contributed by atoms with Crippen LogP contribution in [0.3, 0.4) is 0 Å². The highest BCUT2D eigenvalue weighted by Crippen LogP contribution is 2.53. The van der Waals surface area contributed by atoms with Gasteiger partial charge in [0.25, 0.3) is 0 Å². The van der Waals surface area contributed by atoms with Crippen molar-refractivity contribution in [3.63, 3.8) is 0 Å². The molecule has 0 aromatic heterocycles. The molecule has 0 aliphatic carbocycles. The Morgan fingerprint density at radius 3 is 1.62 bits per heavy atom. The van der Waals surface area contributed by atoms with Crippen LogP contribution in [0.15, 0.2) is 5.16 Å². The summed E-state index contributed by atoms with van der Waals surface area (Å²) < 4.78 is 35.9. The minimum absolute atomic E-state index is 0.0233. The summed E-state index contributed by atoms with van der Waals surface area (Å²) in [6.45, 7) is 18.1. The van der Waals surface area contributed by atoms with Crippen molar-refractivity contribution in [2.75, 3.05) is 20.3 Å². The van der Waals surface area contributed by atoms with Gasteiger partial charge in [0.1, 0.15) is 19.4 Å². The van der Waals surface area contributed by atoms with Crippen LogP contribution in [-0.4, -0.2) is 51.0 Å².